The van der Waals surface area contributed by atoms with Crippen molar-refractivity contribution < 1.29 is 13.2 Å². The lowest BCUT2D eigenvalue weighted by molar-refractivity contribution is 0.539. The minimum Gasteiger partial charge on any atom is -0.383 e. The molecule has 1 aromatic heterocycles. The number of nitrogen functional groups attached to an aromatic ring is 1. The Morgan fingerprint density at radius 1 is 1.29 bits per heavy atom. The Hall–Kier alpha value is -1.50. The van der Waals surface area contributed by atoms with E-state index in [2.05, 4.69) is 21.0 Å². The first-order chi connectivity index (χ1) is 7.93. The van der Waals surface area contributed by atoms with E-state index in [1.54, 1.807) is 0 Å². The predicted octanol–water partition coefficient (Wildman–Crippen LogP) is 2.85. The largest absolute Gasteiger partial charge is 0.383 e. The summed E-state index contributed by atoms with van der Waals surface area (Å²) in [6.45, 7) is 0. The summed E-state index contributed by atoms with van der Waals surface area (Å²) in [5.74, 6) is -2.97. The molecular weight excluding hydrogens is 299 g/mol. The van der Waals surface area contributed by atoms with Gasteiger partial charge in [-0.15, -0.1) is 0 Å². The highest BCUT2D eigenvalue weighted by Crippen LogP contribution is 2.34. The Labute approximate surface area is 103 Å². The first kappa shape index (κ1) is 12.0. The van der Waals surface area contributed by atoms with Gasteiger partial charge in [0, 0.05) is 18.7 Å². The molecule has 0 aliphatic heterocycles. The van der Waals surface area contributed by atoms with Crippen molar-refractivity contribution in [2.24, 2.45) is 7.05 Å². The second-order valence-corrected chi connectivity index (χ2v) is 4.20. The molecule has 0 aliphatic carbocycles. The van der Waals surface area contributed by atoms with E-state index in [0.29, 0.717) is 6.07 Å². The van der Waals surface area contributed by atoms with Gasteiger partial charge in [0.2, 0.25) is 0 Å². The molecule has 7 heteroatoms. The van der Waals surface area contributed by atoms with E-state index in [1.165, 1.54) is 17.9 Å². The van der Waals surface area contributed by atoms with E-state index in [-0.39, 0.29) is 11.4 Å². The molecule has 0 spiro atoms. The Bertz CT molecular complexity index is 595. The van der Waals surface area contributed by atoms with Crippen molar-refractivity contribution in [2.75, 3.05) is 5.73 Å². The van der Waals surface area contributed by atoms with Crippen LogP contribution in [0.15, 0.2) is 16.7 Å². The van der Waals surface area contributed by atoms with Crippen LogP contribution in [0.1, 0.15) is 0 Å². The van der Waals surface area contributed by atoms with Gasteiger partial charge in [-0.05, 0) is 15.9 Å². The third kappa shape index (κ3) is 1.80. The summed E-state index contributed by atoms with van der Waals surface area (Å²) >= 11 is 2.71. The van der Waals surface area contributed by atoms with Crippen molar-refractivity contribution in [1.82, 2.24) is 9.78 Å². The van der Waals surface area contributed by atoms with E-state index in [1.807, 2.05) is 0 Å². The van der Waals surface area contributed by atoms with Crippen LogP contribution >= 0.6 is 15.9 Å². The number of aromatic nitrogens is 2. The summed E-state index contributed by atoms with van der Waals surface area (Å²) in [5.41, 5.74) is 5.31. The molecule has 90 valence electrons. The molecule has 0 atom stereocenters. The van der Waals surface area contributed by atoms with Gasteiger partial charge in [-0.3, -0.25) is 4.68 Å². The lowest BCUT2D eigenvalue weighted by Gasteiger charge is -2.07. The minimum absolute atomic E-state index is 0.0863. The Morgan fingerprint density at radius 2 is 1.94 bits per heavy atom. The fourth-order valence-corrected chi connectivity index (χ4v) is 1.77. The molecular formula is C10H7BrF3N3. The SMILES string of the molecule is Cn1ncc(-c2c(F)cc(F)c(Br)c2F)c1N. The number of hydrogen-bond donors (Lipinski definition) is 1. The number of rotatable bonds is 1. The van der Waals surface area contributed by atoms with Gasteiger partial charge in [0.05, 0.1) is 16.2 Å². The first-order valence-electron chi connectivity index (χ1n) is 4.54. The van der Waals surface area contributed by atoms with Crippen LogP contribution in [0.25, 0.3) is 11.1 Å². The van der Waals surface area contributed by atoms with Crippen LogP contribution in [0.3, 0.4) is 0 Å². The van der Waals surface area contributed by atoms with Crippen molar-refractivity contribution >= 4 is 21.7 Å². The highest BCUT2D eigenvalue weighted by molar-refractivity contribution is 9.10. The van der Waals surface area contributed by atoms with Crippen molar-refractivity contribution in [2.45, 2.75) is 0 Å². The second kappa shape index (κ2) is 4.06. The van der Waals surface area contributed by atoms with Gasteiger partial charge >= 0.3 is 0 Å². The quantitative estimate of drug-likeness (QED) is 0.650. The van der Waals surface area contributed by atoms with Crippen molar-refractivity contribution in [3.8, 4) is 11.1 Å². The molecule has 0 radical (unpaired) electrons. The average Bonchev–Trinajstić information content (AvgIpc) is 2.58. The summed E-state index contributed by atoms with van der Waals surface area (Å²) in [4.78, 5) is 0. The zero-order chi connectivity index (χ0) is 12.7. The molecule has 0 saturated heterocycles. The number of halogens is 4. The third-order valence-electron chi connectivity index (χ3n) is 2.37. The van der Waals surface area contributed by atoms with Crippen LogP contribution in [0, 0.1) is 17.5 Å². The maximum atomic E-state index is 13.8. The lowest BCUT2D eigenvalue weighted by Crippen LogP contribution is -2.00. The molecule has 2 rings (SSSR count). The van der Waals surface area contributed by atoms with Crippen LogP contribution in [-0.2, 0) is 7.05 Å². The van der Waals surface area contributed by atoms with Crippen molar-refractivity contribution in [3.05, 3.63) is 34.2 Å². The standard InChI is InChI=1S/C10H7BrF3N3/c1-17-10(15)4(3-16-17)7-5(12)2-6(13)8(11)9(7)14/h2-3H,15H2,1H3. The average molecular weight is 306 g/mol. The van der Waals surface area contributed by atoms with Crippen LogP contribution in [0.5, 0.6) is 0 Å². The number of benzene rings is 1. The number of anilines is 1. The van der Waals surface area contributed by atoms with Crippen molar-refractivity contribution in [1.29, 1.82) is 0 Å². The van der Waals surface area contributed by atoms with Crippen LogP contribution in [0.4, 0.5) is 19.0 Å². The molecule has 1 aromatic carbocycles. The van der Waals surface area contributed by atoms with E-state index >= 15 is 0 Å². The predicted molar refractivity (Wildman–Crippen MR) is 60.6 cm³/mol. The molecule has 2 aromatic rings. The number of nitrogens with zero attached hydrogens (tertiary/aromatic N) is 2. The molecule has 0 fully saturated rings. The summed E-state index contributed by atoms with van der Waals surface area (Å²) < 4.78 is 41.3. The van der Waals surface area contributed by atoms with Crippen LogP contribution in [0.2, 0.25) is 0 Å². The maximum absolute atomic E-state index is 13.8. The molecule has 2 N–H and O–H groups in total. The molecule has 0 saturated carbocycles. The zero-order valence-electron chi connectivity index (χ0n) is 8.64. The fraction of sp³-hybridized carbons (Fsp3) is 0.100. The topological polar surface area (TPSA) is 43.8 Å². The Kier molecular flexibility index (Phi) is 2.86. The molecule has 17 heavy (non-hydrogen) atoms. The van der Waals surface area contributed by atoms with E-state index in [9.17, 15) is 13.2 Å². The van der Waals surface area contributed by atoms with E-state index in [4.69, 9.17) is 5.73 Å². The van der Waals surface area contributed by atoms with E-state index in [0.717, 1.165) is 0 Å². The lowest BCUT2D eigenvalue weighted by atomic mass is 10.1. The maximum Gasteiger partial charge on any atom is 0.151 e. The first-order valence-corrected chi connectivity index (χ1v) is 5.33. The molecule has 1 heterocycles. The van der Waals surface area contributed by atoms with Gasteiger partial charge < -0.3 is 5.73 Å². The Morgan fingerprint density at radius 3 is 2.47 bits per heavy atom. The highest BCUT2D eigenvalue weighted by Gasteiger charge is 2.21. The van der Waals surface area contributed by atoms with Gasteiger partial charge in [0.1, 0.15) is 17.5 Å². The van der Waals surface area contributed by atoms with Crippen LogP contribution < -0.4 is 5.73 Å². The number of nitrogens with two attached hydrogens (primary N) is 1. The summed E-state index contributed by atoms with van der Waals surface area (Å²) in [7, 11) is 1.53. The van der Waals surface area contributed by atoms with Gasteiger partial charge in [0.25, 0.3) is 0 Å². The number of aryl methyl sites for hydroxylation is 1. The van der Waals surface area contributed by atoms with Gasteiger partial charge in [-0.25, -0.2) is 13.2 Å². The molecule has 0 amide bonds. The molecule has 0 bridgehead atoms. The third-order valence-corrected chi connectivity index (χ3v) is 3.10. The number of hydrogen-bond acceptors (Lipinski definition) is 2. The van der Waals surface area contributed by atoms with Crippen LogP contribution in [-0.4, -0.2) is 9.78 Å². The monoisotopic (exact) mass is 305 g/mol. The van der Waals surface area contributed by atoms with Crippen molar-refractivity contribution in [3.63, 3.8) is 0 Å². The smallest absolute Gasteiger partial charge is 0.151 e. The van der Waals surface area contributed by atoms with Gasteiger partial charge in [-0.2, -0.15) is 5.10 Å². The summed E-state index contributed by atoms with van der Waals surface area (Å²) in [6, 6.07) is 0.592. The molecule has 0 unspecified atom stereocenters. The molecule has 0 aliphatic rings. The summed E-state index contributed by atoms with van der Waals surface area (Å²) in [6.07, 6.45) is 1.22. The molecule has 3 nitrogen and oxygen atoms in total. The van der Waals surface area contributed by atoms with Gasteiger partial charge in [-0.1, -0.05) is 0 Å². The normalized spacial score (nSPS) is 10.9. The second-order valence-electron chi connectivity index (χ2n) is 3.41. The summed E-state index contributed by atoms with van der Waals surface area (Å²) in [5, 5.41) is 3.78. The Balaban J connectivity index is 2.76. The fourth-order valence-electron chi connectivity index (χ4n) is 1.45. The zero-order valence-corrected chi connectivity index (χ0v) is 10.2. The van der Waals surface area contributed by atoms with E-state index < -0.39 is 27.5 Å². The van der Waals surface area contributed by atoms with Gasteiger partial charge in [0.15, 0.2) is 5.82 Å². The minimum atomic E-state index is -1.04. The highest BCUT2D eigenvalue weighted by atomic mass is 79.9.